The number of aromatic nitrogens is 4. The van der Waals surface area contributed by atoms with Crippen molar-refractivity contribution in [3.63, 3.8) is 0 Å². The van der Waals surface area contributed by atoms with Gasteiger partial charge in [0, 0.05) is 37.7 Å². The van der Waals surface area contributed by atoms with Crippen LogP contribution in [-0.2, 0) is 38.4 Å². The molecule has 0 atom stereocenters. The number of aromatic amines is 1. The van der Waals surface area contributed by atoms with Gasteiger partial charge in [-0.1, -0.05) is 108 Å². The Balaban J connectivity index is 0.000000255. The average Bonchev–Trinajstić information content (AvgIpc) is 3.82. The van der Waals surface area contributed by atoms with Crippen molar-refractivity contribution in [1.29, 1.82) is 0 Å². The summed E-state index contributed by atoms with van der Waals surface area (Å²) in [6, 6.07) is 36.2. The van der Waals surface area contributed by atoms with Crippen LogP contribution in [0.5, 0.6) is 0 Å². The van der Waals surface area contributed by atoms with Crippen LogP contribution in [0.1, 0.15) is 86.3 Å². The highest BCUT2D eigenvalue weighted by molar-refractivity contribution is 7.99. The van der Waals surface area contributed by atoms with Gasteiger partial charge in [0.15, 0.2) is 10.3 Å². The number of H-pyrrole nitrogens is 1. The van der Waals surface area contributed by atoms with Gasteiger partial charge in [-0.15, -0.1) is 0 Å². The van der Waals surface area contributed by atoms with E-state index in [-0.39, 0.29) is 24.7 Å². The molecule has 1 N–H and O–H groups in total. The Morgan fingerprint density at radius 2 is 1.03 bits per heavy atom. The molecule has 0 saturated carbocycles. The SMILES string of the molecule is CC(C)(C)OC(=O)Cn1c(SCCCN(CCc2ccccc2)C(=O)OC(C)(C)C)nc2ccccc21.CC(C)(C)OC(=O)N(CCCSc1nc2ccccc2[nH]1)CCc1ccccc1. The third-order valence-corrected chi connectivity index (χ3v) is 11.7. The normalized spacial score (nSPS) is 11.8. The quantitative estimate of drug-likeness (QED) is 0.0384. The number of hydrogen-bond acceptors (Lipinski definition) is 10. The molecule has 6 rings (SSSR count). The standard InChI is InChI=1S/C29H39N3O4S.C23H29N3O2S/c1-28(2,3)35-25(33)21-32-24-16-11-10-15-23(24)30-26(32)37-20-12-18-31(27(34)36-29(4,5)6)19-17-22-13-8-7-9-14-22;1-23(2,3)28-22(27)26(16-14-18-10-5-4-6-11-18)15-9-17-29-21-24-19-12-7-8-13-20(19)25-21/h7-11,13-16H,12,17-21H2,1-6H3;4-8,10-13H,9,14-17H2,1-3H3,(H,24,25). The van der Waals surface area contributed by atoms with Crippen LogP contribution < -0.4 is 0 Å². The first-order valence-electron chi connectivity index (χ1n) is 22.7. The average molecular weight is 937 g/mol. The van der Waals surface area contributed by atoms with Gasteiger partial charge in [0.1, 0.15) is 23.3 Å². The van der Waals surface area contributed by atoms with Crippen LogP contribution in [0.4, 0.5) is 9.59 Å². The number of carbonyl (C=O) groups excluding carboxylic acids is 3. The number of fused-ring (bicyclic) bond motifs is 2. The maximum atomic E-state index is 12.9. The summed E-state index contributed by atoms with van der Waals surface area (Å²) in [7, 11) is 0. The van der Waals surface area contributed by atoms with E-state index < -0.39 is 16.8 Å². The van der Waals surface area contributed by atoms with Crippen LogP contribution in [0.15, 0.2) is 120 Å². The minimum absolute atomic E-state index is 0.0984. The lowest BCUT2D eigenvalue weighted by atomic mass is 10.1. The molecule has 0 aliphatic rings. The van der Waals surface area contributed by atoms with Crippen LogP contribution in [0.25, 0.3) is 22.1 Å². The van der Waals surface area contributed by atoms with Crippen molar-refractivity contribution >= 4 is 63.7 Å². The lowest BCUT2D eigenvalue weighted by Gasteiger charge is -2.27. The van der Waals surface area contributed by atoms with E-state index in [9.17, 15) is 14.4 Å². The molecule has 0 aliphatic carbocycles. The number of hydrogen-bond donors (Lipinski definition) is 1. The van der Waals surface area contributed by atoms with Crippen molar-refractivity contribution in [1.82, 2.24) is 29.3 Å². The zero-order chi connectivity index (χ0) is 47.7. The summed E-state index contributed by atoms with van der Waals surface area (Å²) in [5, 5.41) is 1.68. The highest BCUT2D eigenvalue weighted by atomic mass is 32.2. The third kappa shape index (κ3) is 18.1. The highest BCUT2D eigenvalue weighted by Gasteiger charge is 2.24. The number of benzene rings is 4. The molecule has 0 saturated heterocycles. The number of ether oxygens (including phenoxy) is 3. The number of thioether (sulfide) groups is 2. The molecule has 0 radical (unpaired) electrons. The van der Waals surface area contributed by atoms with E-state index in [0.717, 1.165) is 69.6 Å². The number of carbonyl (C=O) groups is 3. The first-order chi connectivity index (χ1) is 31.3. The second kappa shape index (κ2) is 24.3. The number of amides is 2. The fraction of sp³-hybridized carbons (Fsp3) is 0.442. The molecule has 0 aliphatic heterocycles. The van der Waals surface area contributed by atoms with E-state index in [1.165, 1.54) is 11.1 Å². The smallest absolute Gasteiger partial charge is 0.410 e. The Labute approximate surface area is 399 Å². The molecule has 6 aromatic rings. The Morgan fingerprint density at radius 1 is 0.561 bits per heavy atom. The van der Waals surface area contributed by atoms with E-state index in [4.69, 9.17) is 19.2 Å². The topological polar surface area (TPSA) is 132 Å². The van der Waals surface area contributed by atoms with Crippen LogP contribution in [0, 0.1) is 0 Å². The summed E-state index contributed by atoms with van der Waals surface area (Å²) in [6.07, 6.45) is 2.66. The van der Waals surface area contributed by atoms with Crippen molar-refractivity contribution in [2.45, 2.75) is 122 Å². The zero-order valence-electron chi connectivity index (χ0n) is 40.2. The van der Waals surface area contributed by atoms with Gasteiger partial charge >= 0.3 is 18.2 Å². The fourth-order valence-electron chi connectivity index (χ4n) is 6.72. The van der Waals surface area contributed by atoms with Crippen molar-refractivity contribution in [3.05, 3.63) is 120 Å². The van der Waals surface area contributed by atoms with Gasteiger partial charge in [-0.3, -0.25) is 4.79 Å². The van der Waals surface area contributed by atoms with E-state index in [2.05, 4.69) is 34.2 Å². The van der Waals surface area contributed by atoms with Gasteiger partial charge in [0.25, 0.3) is 0 Å². The fourth-order valence-corrected chi connectivity index (χ4v) is 8.47. The maximum Gasteiger partial charge on any atom is 0.410 e. The molecule has 2 amide bonds. The molecule has 0 bridgehead atoms. The molecule has 354 valence electrons. The van der Waals surface area contributed by atoms with Crippen LogP contribution in [-0.4, -0.2) is 102 Å². The maximum absolute atomic E-state index is 12.9. The van der Waals surface area contributed by atoms with Crippen molar-refractivity contribution < 1.29 is 28.6 Å². The summed E-state index contributed by atoms with van der Waals surface area (Å²) >= 11 is 3.26. The minimum atomic E-state index is -0.552. The van der Waals surface area contributed by atoms with Crippen molar-refractivity contribution in [2.75, 3.05) is 37.7 Å². The lowest BCUT2D eigenvalue weighted by Crippen LogP contribution is -2.38. The van der Waals surface area contributed by atoms with E-state index in [1.807, 2.05) is 157 Å². The highest BCUT2D eigenvalue weighted by Crippen LogP contribution is 2.26. The molecule has 4 aromatic carbocycles. The largest absolute Gasteiger partial charge is 0.459 e. The zero-order valence-corrected chi connectivity index (χ0v) is 41.8. The van der Waals surface area contributed by atoms with Gasteiger partial charge in [-0.25, -0.2) is 19.6 Å². The molecule has 12 nitrogen and oxygen atoms in total. The predicted molar refractivity (Wildman–Crippen MR) is 268 cm³/mol. The van der Waals surface area contributed by atoms with E-state index in [0.29, 0.717) is 26.2 Å². The molecule has 0 spiro atoms. The van der Waals surface area contributed by atoms with Crippen molar-refractivity contribution in [2.24, 2.45) is 0 Å². The molecule has 0 unspecified atom stereocenters. The number of nitrogens with one attached hydrogen (secondary N) is 1. The molecular formula is C52H68N6O6S2. The predicted octanol–water partition coefficient (Wildman–Crippen LogP) is 11.9. The summed E-state index contributed by atoms with van der Waals surface area (Å²) in [4.78, 5) is 54.4. The Bertz CT molecular complexity index is 2400. The number of para-hydroxylation sites is 4. The summed E-state index contributed by atoms with van der Waals surface area (Å²) in [5.41, 5.74) is 4.57. The number of rotatable bonds is 18. The second-order valence-corrected chi connectivity index (χ2v) is 21.1. The Hall–Kier alpha value is -5.47. The van der Waals surface area contributed by atoms with Gasteiger partial charge in [-0.2, -0.15) is 0 Å². The molecule has 66 heavy (non-hydrogen) atoms. The molecule has 14 heteroatoms. The van der Waals surface area contributed by atoms with E-state index >= 15 is 0 Å². The summed E-state index contributed by atoms with van der Waals surface area (Å²) in [5.74, 6) is 1.32. The monoisotopic (exact) mass is 936 g/mol. The van der Waals surface area contributed by atoms with E-state index in [1.54, 1.807) is 28.4 Å². The minimum Gasteiger partial charge on any atom is -0.459 e. The number of nitrogens with zero attached hydrogens (tertiary/aromatic N) is 5. The molecule has 2 heterocycles. The van der Waals surface area contributed by atoms with Crippen LogP contribution >= 0.6 is 23.5 Å². The van der Waals surface area contributed by atoms with Gasteiger partial charge in [0.05, 0.1) is 22.1 Å². The molecule has 0 fully saturated rings. The Morgan fingerprint density at radius 3 is 1.55 bits per heavy atom. The first kappa shape index (κ1) is 51.5. The van der Waals surface area contributed by atoms with Gasteiger partial charge in [-0.05, 0) is 123 Å². The van der Waals surface area contributed by atoms with Gasteiger partial charge in [0.2, 0.25) is 0 Å². The third-order valence-electron chi connectivity index (χ3n) is 9.64. The Kier molecular flexibility index (Phi) is 19.0. The summed E-state index contributed by atoms with van der Waals surface area (Å²) < 4.78 is 18.7. The number of esters is 1. The summed E-state index contributed by atoms with van der Waals surface area (Å²) in [6.45, 7) is 19.5. The van der Waals surface area contributed by atoms with Gasteiger partial charge < -0.3 is 33.6 Å². The lowest BCUT2D eigenvalue weighted by molar-refractivity contribution is -0.155. The number of imidazole rings is 2. The molecule has 2 aromatic heterocycles. The van der Waals surface area contributed by atoms with Crippen LogP contribution in [0.2, 0.25) is 0 Å². The molecular weight excluding hydrogens is 869 g/mol. The van der Waals surface area contributed by atoms with Crippen LogP contribution in [0.3, 0.4) is 0 Å². The van der Waals surface area contributed by atoms with Crippen molar-refractivity contribution in [3.8, 4) is 0 Å². The second-order valence-electron chi connectivity index (χ2n) is 18.9. The first-order valence-corrected chi connectivity index (χ1v) is 24.7.